The Balaban J connectivity index is 2.53. The minimum Gasteiger partial charge on any atom is -0.246 e. The first-order valence-corrected chi connectivity index (χ1v) is 4.81. The van der Waals surface area contributed by atoms with Gasteiger partial charge in [0.2, 0.25) is 0 Å². The van der Waals surface area contributed by atoms with E-state index in [1.807, 2.05) is 18.2 Å². The van der Waals surface area contributed by atoms with E-state index in [1.54, 1.807) is 18.2 Å². The lowest BCUT2D eigenvalue weighted by Gasteiger charge is -2.02. The van der Waals surface area contributed by atoms with E-state index in [-0.39, 0.29) is 0 Å². The van der Waals surface area contributed by atoms with E-state index in [0.717, 1.165) is 11.3 Å². The topological polar surface area (TPSA) is 12.9 Å². The Hall–Kier alpha value is -1.05. The lowest BCUT2D eigenvalue weighted by molar-refractivity contribution is 1.31. The van der Waals surface area contributed by atoms with Crippen molar-refractivity contribution in [3.8, 4) is 11.3 Å². The molecule has 0 fully saturated rings. The van der Waals surface area contributed by atoms with Crippen LogP contribution in [0.25, 0.3) is 11.3 Å². The van der Waals surface area contributed by atoms with Gasteiger partial charge in [0, 0.05) is 10.6 Å². The fourth-order valence-electron chi connectivity index (χ4n) is 1.17. The summed E-state index contributed by atoms with van der Waals surface area (Å²) in [5, 5.41) is 1.23. The highest BCUT2D eigenvalue weighted by Gasteiger charge is 2.03. The molecule has 3 heteroatoms. The molecule has 2 aromatic rings. The molecule has 0 saturated carbocycles. The predicted molar refractivity (Wildman–Crippen MR) is 58.5 cm³/mol. The first-order valence-electron chi connectivity index (χ1n) is 4.06. The van der Waals surface area contributed by atoms with Crippen molar-refractivity contribution in [1.29, 1.82) is 0 Å². The van der Waals surface area contributed by atoms with Crippen LogP contribution in [0, 0.1) is 6.20 Å². The van der Waals surface area contributed by atoms with Crippen LogP contribution >= 0.6 is 23.2 Å². The van der Waals surface area contributed by atoms with Gasteiger partial charge in [-0.3, -0.25) is 0 Å². The van der Waals surface area contributed by atoms with Gasteiger partial charge in [-0.2, -0.15) is 0 Å². The third-order valence-corrected chi connectivity index (χ3v) is 2.36. The first-order chi connectivity index (χ1) is 6.77. The molecule has 0 aliphatic rings. The molecular formula is C11H6Cl2N. The lowest BCUT2D eigenvalue weighted by Crippen LogP contribution is -1.83. The zero-order chi connectivity index (χ0) is 9.97. The van der Waals surface area contributed by atoms with Crippen LogP contribution in [0.2, 0.25) is 10.0 Å². The number of halogens is 2. The Morgan fingerprint density at radius 2 is 2.00 bits per heavy atom. The third-order valence-electron chi connectivity index (χ3n) is 1.82. The average Bonchev–Trinajstić information content (AvgIpc) is 2.19. The summed E-state index contributed by atoms with van der Waals surface area (Å²) in [4.78, 5) is 4.09. The summed E-state index contributed by atoms with van der Waals surface area (Å²) in [7, 11) is 0. The van der Waals surface area contributed by atoms with Crippen molar-refractivity contribution in [2.24, 2.45) is 0 Å². The molecule has 1 aromatic carbocycles. The summed E-state index contributed by atoms with van der Waals surface area (Å²) in [6, 6.07) is 10.8. The quantitative estimate of drug-likeness (QED) is 0.715. The highest BCUT2D eigenvalue weighted by molar-refractivity contribution is 6.36. The smallest absolute Gasteiger partial charge is 0.0893 e. The van der Waals surface area contributed by atoms with Gasteiger partial charge in [-0.25, -0.2) is 4.98 Å². The van der Waals surface area contributed by atoms with Crippen LogP contribution in [0.1, 0.15) is 0 Å². The van der Waals surface area contributed by atoms with Crippen molar-refractivity contribution < 1.29 is 0 Å². The Labute approximate surface area is 92.3 Å². The number of rotatable bonds is 1. The van der Waals surface area contributed by atoms with Gasteiger partial charge < -0.3 is 0 Å². The minimum absolute atomic E-state index is 0.601. The maximum atomic E-state index is 6.03. The van der Waals surface area contributed by atoms with Crippen LogP contribution in [-0.2, 0) is 0 Å². The molecule has 0 aliphatic heterocycles. The molecule has 0 saturated heterocycles. The second-order valence-electron chi connectivity index (χ2n) is 2.78. The average molecular weight is 223 g/mol. The number of hydrogen-bond donors (Lipinski definition) is 0. The van der Waals surface area contributed by atoms with Gasteiger partial charge >= 0.3 is 0 Å². The normalized spacial score (nSPS) is 10.1. The molecule has 0 spiro atoms. The number of nitrogens with zero attached hydrogens (tertiary/aromatic N) is 1. The molecule has 14 heavy (non-hydrogen) atoms. The molecule has 1 aromatic heterocycles. The molecule has 1 radical (unpaired) electrons. The minimum atomic E-state index is 0.601. The van der Waals surface area contributed by atoms with Gasteiger partial charge in [0.15, 0.2) is 0 Å². The molecule has 0 atom stereocenters. The van der Waals surface area contributed by atoms with Gasteiger partial charge in [0.1, 0.15) is 0 Å². The largest absolute Gasteiger partial charge is 0.246 e. The van der Waals surface area contributed by atoms with Crippen molar-refractivity contribution in [2.45, 2.75) is 0 Å². The molecule has 0 amide bonds. The molecule has 0 unspecified atom stereocenters. The van der Waals surface area contributed by atoms with Crippen LogP contribution in [0.3, 0.4) is 0 Å². The Kier molecular flexibility index (Phi) is 2.71. The molecule has 1 heterocycles. The Morgan fingerprint density at radius 1 is 1.14 bits per heavy atom. The van der Waals surface area contributed by atoms with Crippen molar-refractivity contribution in [1.82, 2.24) is 4.98 Å². The maximum Gasteiger partial charge on any atom is 0.0893 e. The van der Waals surface area contributed by atoms with Crippen LogP contribution in [0.5, 0.6) is 0 Å². The maximum absolute atomic E-state index is 6.03. The Bertz CT molecular complexity index is 440. The summed E-state index contributed by atoms with van der Waals surface area (Å²) in [5.74, 6) is 0. The SMILES string of the molecule is Clc1ccc(-c2ccc[c]n2)c(Cl)c1. The molecule has 0 bridgehead atoms. The van der Waals surface area contributed by atoms with Crippen molar-refractivity contribution >= 4 is 23.2 Å². The fourth-order valence-corrected chi connectivity index (χ4v) is 1.68. The Morgan fingerprint density at radius 3 is 2.64 bits per heavy atom. The van der Waals surface area contributed by atoms with Crippen molar-refractivity contribution in [2.75, 3.05) is 0 Å². The van der Waals surface area contributed by atoms with E-state index in [2.05, 4.69) is 11.2 Å². The van der Waals surface area contributed by atoms with Crippen molar-refractivity contribution in [3.63, 3.8) is 0 Å². The highest BCUT2D eigenvalue weighted by Crippen LogP contribution is 2.28. The van der Waals surface area contributed by atoms with Crippen LogP contribution in [-0.4, -0.2) is 4.98 Å². The van der Waals surface area contributed by atoms with E-state index in [9.17, 15) is 0 Å². The summed E-state index contributed by atoms with van der Waals surface area (Å²) in [6.07, 6.45) is 2.76. The van der Waals surface area contributed by atoms with E-state index in [4.69, 9.17) is 23.2 Å². The van der Waals surface area contributed by atoms with Crippen molar-refractivity contribution in [3.05, 3.63) is 52.6 Å². The third kappa shape index (κ3) is 1.89. The second-order valence-corrected chi connectivity index (χ2v) is 3.62. The zero-order valence-electron chi connectivity index (χ0n) is 7.17. The van der Waals surface area contributed by atoms with Gasteiger partial charge in [-0.15, -0.1) is 0 Å². The van der Waals surface area contributed by atoms with Gasteiger partial charge in [0.05, 0.1) is 16.9 Å². The monoisotopic (exact) mass is 222 g/mol. The number of benzene rings is 1. The molecule has 2 rings (SSSR count). The van der Waals surface area contributed by atoms with Crippen LogP contribution < -0.4 is 0 Å². The van der Waals surface area contributed by atoms with Gasteiger partial charge in [-0.1, -0.05) is 29.3 Å². The number of pyridine rings is 1. The fraction of sp³-hybridized carbons (Fsp3) is 0. The summed E-state index contributed by atoms with van der Waals surface area (Å²) in [5.41, 5.74) is 1.67. The van der Waals surface area contributed by atoms with Gasteiger partial charge in [0.25, 0.3) is 0 Å². The summed E-state index contributed by atoms with van der Waals surface area (Å²) >= 11 is 11.8. The highest BCUT2D eigenvalue weighted by atomic mass is 35.5. The van der Waals surface area contributed by atoms with Crippen LogP contribution in [0.15, 0.2) is 36.4 Å². The standard InChI is InChI=1S/C11H6Cl2N/c12-8-4-5-9(10(13)7-8)11-3-1-2-6-14-11/h1-5,7H. The van der Waals surface area contributed by atoms with Crippen LogP contribution in [0.4, 0.5) is 0 Å². The number of aromatic nitrogens is 1. The molecule has 1 nitrogen and oxygen atoms in total. The lowest BCUT2D eigenvalue weighted by atomic mass is 10.1. The van der Waals surface area contributed by atoms with E-state index < -0.39 is 0 Å². The summed E-state index contributed by atoms with van der Waals surface area (Å²) < 4.78 is 0. The molecule has 0 aliphatic carbocycles. The molecule has 69 valence electrons. The molecular weight excluding hydrogens is 217 g/mol. The van der Waals surface area contributed by atoms with E-state index in [1.165, 1.54) is 0 Å². The number of hydrogen-bond acceptors (Lipinski definition) is 1. The first kappa shape index (κ1) is 9.50. The predicted octanol–water partition coefficient (Wildman–Crippen LogP) is 3.86. The van der Waals surface area contributed by atoms with E-state index in [0.29, 0.717) is 10.0 Å². The zero-order valence-corrected chi connectivity index (χ0v) is 8.68. The van der Waals surface area contributed by atoms with Gasteiger partial charge in [-0.05, 0) is 30.3 Å². The summed E-state index contributed by atoms with van der Waals surface area (Å²) in [6.45, 7) is 0. The molecule has 0 N–H and O–H groups in total. The van der Waals surface area contributed by atoms with E-state index >= 15 is 0 Å². The second kappa shape index (κ2) is 3.99.